The first-order valence-corrected chi connectivity index (χ1v) is 13.6. The Hall–Kier alpha value is -1.64. The van der Waals surface area contributed by atoms with Crippen LogP contribution in [0.4, 0.5) is 5.69 Å². The lowest BCUT2D eigenvalue weighted by molar-refractivity contribution is -0.121. The number of hydrogen-bond donors (Lipinski definition) is 1. The van der Waals surface area contributed by atoms with Crippen molar-refractivity contribution >= 4 is 44.8 Å². The maximum atomic E-state index is 12.8. The van der Waals surface area contributed by atoms with Gasteiger partial charge in [-0.25, -0.2) is 8.42 Å². The van der Waals surface area contributed by atoms with Crippen LogP contribution in [0.1, 0.15) is 37.7 Å². The van der Waals surface area contributed by atoms with Crippen molar-refractivity contribution in [3.63, 3.8) is 0 Å². The quantitative estimate of drug-likeness (QED) is 0.593. The Balaban J connectivity index is 1.29. The van der Waals surface area contributed by atoms with E-state index in [0.717, 1.165) is 57.3 Å². The summed E-state index contributed by atoms with van der Waals surface area (Å²) >= 11 is 12.3. The zero-order valence-corrected chi connectivity index (χ0v) is 20.8. The summed E-state index contributed by atoms with van der Waals surface area (Å²) in [4.78, 5) is 15.3. The largest absolute Gasteiger partial charge is 0.326 e. The Bertz CT molecular complexity index is 1080. The normalized spacial score (nSPS) is 18.8. The predicted molar refractivity (Wildman–Crippen MR) is 132 cm³/mol. The zero-order chi connectivity index (χ0) is 23.4. The second kappa shape index (κ2) is 10.7. The molecule has 2 aromatic rings. The number of hydrogen-bond acceptors (Lipinski definition) is 4. The van der Waals surface area contributed by atoms with Crippen LogP contribution in [0.3, 0.4) is 0 Å². The van der Waals surface area contributed by atoms with Gasteiger partial charge >= 0.3 is 0 Å². The molecule has 178 valence electrons. The molecule has 4 rings (SSSR count). The lowest BCUT2D eigenvalue weighted by Gasteiger charge is -2.31. The number of amides is 1. The number of carbonyl (C=O) groups is 1. The monoisotopic (exact) mass is 509 g/mol. The first kappa shape index (κ1) is 24.5. The van der Waals surface area contributed by atoms with E-state index in [-0.39, 0.29) is 16.7 Å². The molecule has 2 aliphatic rings. The van der Waals surface area contributed by atoms with E-state index in [4.69, 9.17) is 23.2 Å². The van der Waals surface area contributed by atoms with Crippen molar-refractivity contribution in [2.24, 2.45) is 5.92 Å². The number of sulfonamides is 1. The van der Waals surface area contributed by atoms with Gasteiger partial charge in [0, 0.05) is 41.3 Å². The molecule has 0 saturated carbocycles. The molecule has 2 aromatic carbocycles. The van der Waals surface area contributed by atoms with Gasteiger partial charge in [-0.1, -0.05) is 35.7 Å². The fourth-order valence-corrected chi connectivity index (χ4v) is 6.44. The van der Waals surface area contributed by atoms with Gasteiger partial charge in [0.05, 0.1) is 4.90 Å². The molecule has 33 heavy (non-hydrogen) atoms. The molecule has 2 heterocycles. The molecule has 2 saturated heterocycles. The number of nitrogens with one attached hydrogen (secondary N) is 1. The highest BCUT2D eigenvalue weighted by atomic mass is 35.5. The Labute approximate surface area is 205 Å². The van der Waals surface area contributed by atoms with E-state index in [1.165, 1.54) is 0 Å². The van der Waals surface area contributed by atoms with Crippen LogP contribution in [0.15, 0.2) is 47.4 Å². The Kier molecular flexibility index (Phi) is 7.97. The average molecular weight is 510 g/mol. The van der Waals surface area contributed by atoms with Gasteiger partial charge in [0.15, 0.2) is 0 Å². The lowest BCUT2D eigenvalue weighted by Crippen LogP contribution is -2.37. The summed E-state index contributed by atoms with van der Waals surface area (Å²) in [6, 6.07) is 12.0. The standard InChI is InChI=1S/C24H29Cl2N3O3S/c25-20-5-4-19(23(26)16-20)17-28-14-10-18(11-15-28)24(30)27-21-6-8-22(9-7-21)33(31,32)29-12-2-1-3-13-29/h4-9,16,18H,1-3,10-15,17H2,(H,27,30). The minimum absolute atomic E-state index is 0.0224. The van der Waals surface area contributed by atoms with E-state index in [9.17, 15) is 13.2 Å². The predicted octanol–water partition coefficient (Wildman–Crippen LogP) is 5.02. The highest BCUT2D eigenvalue weighted by Gasteiger charge is 2.27. The maximum absolute atomic E-state index is 12.8. The van der Waals surface area contributed by atoms with E-state index < -0.39 is 10.0 Å². The zero-order valence-electron chi connectivity index (χ0n) is 18.5. The van der Waals surface area contributed by atoms with Crippen LogP contribution in [0.25, 0.3) is 0 Å². The third-order valence-electron chi connectivity index (χ3n) is 6.44. The van der Waals surface area contributed by atoms with Gasteiger partial charge in [-0.3, -0.25) is 9.69 Å². The molecule has 2 fully saturated rings. The van der Waals surface area contributed by atoms with Crippen LogP contribution in [-0.2, 0) is 21.4 Å². The molecular formula is C24H29Cl2N3O3S. The van der Waals surface area contributed by atoms with Crippen LogP contribution in [0.2, 0.25) is 10.0 Å². The van der Waals surface area contributed by atoms with Crippen LogP contribution >= 0.6 is 23.2 Å². The number of nitrogens with zero attached hydrogens (tertiary/aromatic N) is 2. The molecule has 1 amide bonds. The molecular weight excluding hydrogens is 481 g/mol. The average Bonchev–Trinajstić information content (AvgIpc) is 2.82. The van der Waals surface area contributed by atoms with Crippen molar-refractivity contribution < 1.29 is 13.2 Å². The molecule has 0 atom stereocenters. The number of halogens is 2. The van der Waals surface area contributed by atoms with Gasteiger partial charge in [-0.05, 0) is 80.7 Å². The van der Waals surface area contributed by atoms with Gasteiger partial charge in [0.25, 0.3) is 0 Å². The van der Waals surface area contributed by atoms with Crippen LogP contribution in [0.5, 0.6) is 0 Å². The lowest BCUT2D eigenvalue weighted by atomic mass is 9.95. The smallest absolute Gasteiger partial charge is 0.243 e. The summed E-state index contributed by atoms with van der Waals surface area (Å²) < 4.78 is 27.1. The summed E-state index contributed by atoms with van der Waals surface area (Å²) in [7, 11) is -3.47. The fraction of sp³-hybridized carbons (Fsp3) is 0.458. The van der Waals surface area contributed by atoms with Gasteiger partial charge in [-0.15, -0.1) is 0 Å². The molecule has 0 radical (unpaired) electrons. The van der Waals surface area contributed by atoms with Gasteiger partial charge in [-0.2, -0.15) is 4.31 Å². The third-order valence-corrected chi connectivity index (χ3v) is 8.94. The Morgan fingerprint density at radius 3 is 2.24 bits per heavy atom. The molecule has 0 aromatic heterocycles. The number of likely N-dealkylation sites (tertiary alicyclic amines) is 1. The minimum atomic E-state index is -3.47. The summed E-state index contributed by atoms with van der Waals surface area (Å²) in [5.74, 6) is -0.0930. The summed E-state index contributed by atoms with van der Waals surface area (Å²) in [5, 5.41) is 4.23. The van der Waals surface area contributed by atoms with Crippen molar-refractivity contribution in [1.82, 2.24) is 9.21 Å². The topological polar surface area (TPSA) is 69.7 Å². The number of anilines is 1. The van der Waals surface area contributed by atoms with Crippen molar-refractivity contribution in [3.8, 4) is 0 Å². The molecule has 1 N–H and O–H groups in total. The van der Waals surface area contributed by atoms with Crippen LogP contribution < -0.4 is 5.32 Å². The van der Waals surface area contributed by atoms with Crippen LogP contribution in [-0.4, -0.2) is 49.7 Å². The van der Waals surface area contributed by atoms with E-state index in [1.54, 1.807) is 34.6 Å². The fourth-order valence-electron chi connectivity index (χ4n) is 4.45. The van der Waals surface area contributed by atoms with Crippen molar-refractivity contribution in [3.05, 3.63) is 58.1 Å². The van der Waals surface area contributed by atoms with Crippen molar-refractivity contribution in [1.29, 1.82) is 0 Å². The number of piperidine rings is 2. The number of benzene rings is 2. The molecule has 0 bridgehead atoms. The molecule has 0 unspecified atom stereocenters. The summed E-state index contributed by atoms with van der Waals surface area (Å²) in [5.41, 5.74) is 1.65. The highest BCUT2D eigenvalue weighted by molar-refractivity contribution is 7.89. The molecule has 2 aliphatic heterocycles. The van der Waals surface area contributed by atoms with E-state index in [2.05, 4.69) is 10.2 Å². The van der Waals surface area contributed by atoms with E-state index in [0.29, 0.717) is 28.8 Å². The van der Waals surface area contributed by atoms with Crippen LogP contribution in [0, 0.1) is 5.92 Å². The third kappa shape index (κ3) is 6.08. The van der Waals surface area contributed by atoms with Crippen molar-refractivity contribution in [2.75, 3.05) is 31.5 Å². The van der Waals surface area contributed by atoms with E-state index >= 15 is 0 Å². The Morgan fingerprint density at radius 2 is 1.61 bits per heavy atom. The first-order valence-electron chi connectivity index (χ1n) is 11.4. The van der Waals surface area contributed by atoms with E-state index in [1.807, 2.05) is 12.1 Å². The Morgan fingerprint density at radius 1 is 0.939 bits per heavy atom. The number of rotatable bonds is 6. The molecule has 6 nitrogen and oxygen atoms in total. The first-order chi connectivity index (χ1) is 15.8. The van der Waals surface area contributed by atoms with Crippen molar-refractivity contribution in [2.45, 2.75) is 43.5 Å². The maximum Gasteiger partial charge on any atom is 0.243 e. The highest BCUT2D eigenvalue weighted by Crippen LogP contribution is 2.26. The molecule has 0 aliphatic carbocycles. The van der Waals surface area contributed by atoms with Gasteiger partial charge < -0.3 is 5.32 Å². The second-order valence-corrected chi connectivity index (χ2v) is 11.5. The molecule has 9 heteroatoms. The second-order valence-electron chi connectivity index (χ2n) is 8.76. The summed E-state index contributed by atoms with van der Waals surface area (Å²) in [6.07, 6.45) is 4.40. The van der Waals surface area contributed by atoms with Gasteiger partial charge in [0.1, 0.15) is 0 Å². The number of carbonyl (C=O) groups excluding carboxylic acids is 1. The molecule has 0 spiro atoms. The summed E-state index contributed by atoms with van der Waals surface area (Å²) in [6.45, 7) is 3.50. The van der Waals surface area contributed by atoms with Gasteiger partial charge in [0.2, 0.25) is 15.9 Å². The SMILES string of the molecule is O=C(Nc1ccc(S(=O)(=O)N2CCCCC2)cc1)C1CCN(Cc2ccc(Cl)cc2Cl)CC1. The minimum Gasteiger partial charge on any atom is -0.326 e.